The highest BCUT2D eigenvalue weighted by atomic mass is 32.2. The molecular formula is C10H23NOS. The van der Waals surface area contributed by atoms with E-state index in [1.807, 2.05) is 0 Å². The van der Waals surface area contributed by atoms with Crippen LogP contribution in [0.2, 0.25) is 0 Å². The molecule has 0 saturated carbocycles. The van der Waals surface area contributed by atoms with E-state index in [-0.39, 0.29) is 22.3 Å². The lowest BCUT2D eigenvalue weighted by atomic mass is 9.99. The lowest BCUT2D eigenvalue weighted by Gasteiger charge is -2.26. The molecule has 0 aromatic rings. The van der Waals surface area contributed by atoms with Crippen molar-refractivity contribution in [1.82, 2.24) is 5.32 Å². The van der Waals surface area contributed by atoms with Crippen LogP contribution < -0.4 is 5.32 Å². The molecule has 13 heavy (non-hydrogen) atoms. The minimum Gasteiger partial charge on any atom is -0.351 e. The molecule has 0 saturated heterocycles. The van der Waals surface area contributed by atoms with Crippen LogP contribution in [-0.4, -0.2) is 29.7 Å². The van der Waals surface area contributed by atoms with Crippen molar-refractivity contribution in [1.29, 1.82) is 0 Å². The minimum absolute atomic E-state index is 0.0306. The third-order valence-corrected chi connectivity index (χ3v) is 2.73. The molecule has 0 spiro atoms. The highest BCUT2D eigenvalue weighted by Crippen LogP contribution is 2.14. The van der Waals surface area contributed by atoms with Crippen LogP contribution in [0.1, 0.15) is 33.6 Å². The van der Waals surface area contributed by atoms with Crippen LogP contribution in [0.15, 0.2) is 0 Å². The van der Waals surface area contributed by atoms with Gasteiger partial charge in [-0.2, -0.15) is 0 Å². The van der Waals surface area contributed by atoms with E-state index in [9.17, 15) is 4.79 Å². The van der Waals surface area contributed by atoms with Crippen molar-refractivity contribution in [3.05, 3.63) is 0 Å². The maximum Gasteiger partial charge on any atom is 0.228 e. The first-order valence-electron chi connectivity index (χ1n) is 4.83. The van der Waals surface area contributed by atoms with Gasteiger partial charge >= 0.3 is 0 Å². The topological polar surface area (TPSA) is 29.1 Å². The molecule has 0 radical (unpaired) electrons. The third-order valence-electron chi connectivity index (χ3n) is 1.81. The van der Waals surface area contributed by atoms with E-state index in [0.717, 1.165) is 12.8 Å². The van der Waals surface area contributed by atoms with Crippen LogP contribution in [0.4, 0.5) is 0 Å². The molecule has 80 valence electrons. The number of carbonyl (C=O) groups is 1. The zero-order chi connectivity index (χ0) is 10.5. The molecular weight excluding hydrogens is 182 g/mol. The van der Waals surface area contributed by atoms with E-state index >= 15 is 0 Å². The van der Waals surface area contributed by atoms with Gasteiger partial charge in [-0.25, -0.2) is 0 Å². The predicted molar refractivity (Wildman–Crippen MR) is 62.8 cm³/mol. The van der Waals surface area contributed by atoms with Crippen LogP contribution >= 0.6 is 10.9 Å². The number of hydrogen-bond acceptors (Lipinski definition) is 1. The molecule has 0 aliphatic carbocycles. The fraction of sp³-hybridized carbons (Fsp3) is 0.900. The van der Waals surface area contributed by atoms with Crippen molar-refractivity contribution >= 4 is 16.8 Å². The van der Waals surface area contributed by atoms with Crippen molar-refractivity contribution < 1.29 is 4.79 Å². The molecule has 0 heterocycles. The summed E-state index contributed by atoms with van der Waals surface area (Å²) in [6.07, 6.45) is 6.41. The van der Waals surface area contributed by atoms with Crippen LogP contribution in [-0.2, 0) is 4.79 Å². The van der Waals surface area contributed by atoms with E-state index < -0.39 is 0 Å². The van der Waals surface area contributed by atoms with E-state index in [1.165, 1.54) is 0 Å². The second-order valence-corrected chi connectivity index (χ2v) is 6.90. The average molecular weight is 205 g/mol. The van der Waals surface area contributed by atoms with Crippen molar-refractivity contribution in [2.75, 3.05) is 18.3 Å². The van der Waals surface area contributed by atoms with Gasteiger partial charge in [0, 0.05) is 5.54 Å². The molecule has 0 rings (SSSR count). The monoisotopic (exact) mass is 205 g/mol. The molecule has 1 N–H and O–H groups in total. The van der Waals surface area contributed by atoms with Crippen molar-refractivity contribution in [2.24, 2.45) is 0 Å². The molecule has 0 bridgehead atoms. The molecule has 0 aromatic heterocycles. The summed E-state index contributed by atoms with van der Waals surface area (Å²) < 4.78 is 0. The summed E-state index contributed by atoms with van der Waals surface area (Å²) in [6.45, 7) is 6.31. The van der Waals surface area contributed by atoms with Gasteiger partial charge in [0.2, 0.25) is 5.91 Å². The van der Waals surface area contributed by atoms with Crippen molar-refractivity contribution in [3.8, 4) is 0 Å². The highest BCUT2D eigenvalue weighted by Gasteiger charge is 2.18. The first-order valence-corrected chi connectivity index (χ1v) is 7.25. The maximum atomic E-state index is 11.4. The summed E-state index contributed by atoms with van der Waals surface area (Å²) in [5, 5.41) is 3.07. The summed E-state index contributed by atoms with van der Waals surface area (Å²) in [6, 6.07) is 0. The van der Waals surface area contributed by atoms with Gasteiger partial charge in [-0.15, -0.1) is 0 Å². The fourth-order valence-corrected chi connectivity index (χ4v) is 2.05. The van der Waals surface area contributed by atoms with E-state index in [2.05, 4.69) is 38.6 Å². The van der Waals surface area contributed by atoms with Crippen molar-refractivity contribution in [2.45, 2.75) is 39.2 Å². The maximum absolute atomic E-state index is 11.4. The molecule has 0 atom stereocenters. The van der Waals surface area contributed by atoms with Gasteiger partial charge in [0.25, 0.3) is 0 Å². The van der Waals surface area contributed by atoms with Gasteiger partial charge < -0.3 is 5.32 Å². The number of carbonyl (C=O) groups excluding carboxylic acids is 1. The summed E-state index contributed by atoms with van der Waals surface area (Å²) >= 11 is 0. The SMILES string of the molecule is CCCC(C)(C)NC(=O)C[SH](C)C. The number of thiol groups is 1. The van der Waals surface area contributed by atoms with Gasteiger partial charge in [-0.05, 0) is 32.8 Å². The third kappa shape index (κ3) is 6.94. The molecule has 0 aliphatic heterocycles. The molecule has 0 unspecified atom stereocenters. The summed E-state index contributed by atoms with van der Waals surface area (Å²) in [4.78, 5) is 11.4. The Kier molecular flexibility index (Phi) is 5.45. The average Bonchev–Trinajstić information content (AvgIpc) is 1.81. The number of amides is 1. The second kappa shape index (κ2) is 5.53. The number of hydrogen-bond donors (Lipinski definition) is 2. The summed E-state index contributed by atoms with van der Waals surface area (Å²) in [5.74, 6) is 0.900. The molecule has 0 aromatic carbocycles. The lowest BCUT2D eigenvalue weighted by molar-refractivity contribution is -0.120. The standard InChI is InChI=1S/C10H23NOS/c1-6-7-10(2,3)11-9(12)8-13(4)5/h13H,6-8H2,1-5H3,(H,11,12). The second-order valence-electron chi connectivity index (χ2n) is 4.42. The Labute approximate surface area is 84.8 Å². The van der Waals surface area contributed by atoms with Crippen LogP contribution in [0, 0.1) is 0 Å². The van der Waals surface area contributed by atoms with E-state index in [0.29, 0.717) is 5.75 Å². The first-order chi connectivity index (χ1) is 5.87. The van der Waals surface area contributed by atoms with Gasteiger partial charge in [-0.3, -0.25) is 15.7 Å². The molecule has 0 aliphatic rings. The number of rotatable bonds is 5. The Morgan fingerprint density at radius 2 is 1.92 bits per heavy atom. The summed E-state index contributed by atoms with van der Waals surface area (Å²) in [7, 11) is -0.114. The number of nitrogens with one attached hydrogen (secondary N) is 1. The van der Waals surface area contributed by atoms with Crippen LogP contribution in [0.25, 0.3) is 0 Å². The predicted octanol–water partition coefficient (Wildman–Crippen LogP) is 1.94. The molecule has 2 nitrogen and oxygen atoms in total. The fourth-order valence-electron chi connectivity index (χ4n) is 1.39. The van der Waals surface area contributed by atoms with E-state index in [1.54, 1.807) is 0 Å². The van der Waals surface area contributed by atoms with Gasteiger partial charge in [0.15, 0.2) is 0 Å². The minimum atomic E-state index is -0.114. The zero-order valence-electron chi connectivity index (χ0n) is 9.48. The quantitative estimate of drug-likeness (QED) is 0.660. The zero-order valence-corrected chi connectivity index (χ0v) is 10.4. The highest BCUT2D eigenvalue weighted by molar-refractivity contribution is 8.16. The van der Waals surface area contributed by atoms with Gasteiger partial charge in [0.05, 0.1) is 5.75 Å². The van der Waals surface area contributed by atoms with Crippen LogP contribution in [0.5, 0.6) is 0 Å². The Hall–Kier alpha value is -0.180. The van der Waals surface area contributed by atoms with Crippen LogP contribution in [0.3, 0.4) is 0 Å². The summed E-state index contributed by atoms with van der Waals surface area (Å²) in [5.41, 5.74) is -0.0306. The normalized spacial score (nSPS) is 12.5. The Balaban J connectivity index is 3.89. The lowest BCUT2D eigenvalue weighted by Crippen LogP contribution is -2.44. The Morgan fingerprint density at radius 3 is 2.31 bits per heavy atom. The molecule has 1 amide bonds. The molecule has 3 heteroatoms. The molecule has 0 fully saturated rings. The van der Waals surface area contributed by atoms with Gasteiger partial charge in [-0.1, -0.05) is 13.3 Å². The van der Waals surface area contributed by atoms with Crippen molar-refractivity contribution in [3.63, 3.8) is 0 Å². The van der Waals surface area contributed by atoms with E-state index in [4.69, 9.17) is 0 Å². The first kappa shape index (κ1) is 12.8. The Morgan fingerprint density at radius 1 is 1.38 bits per heavy atom. The largest absolute Gasteiger partial charge is 0.351 e. The Bertz CT molecular complexity index is 166. The smallest absolute Gasteiger partial charge is 0.228 e. The van der Waals surface area contributed by atoms with Gasteiger partial charge in [0.1, 0.15) is 0 Å².